The molecule has 3 N–H and O–H groups in total. The normalized spacial score (nSPS) is 13.2. The smallest absolute Gasteiger partial charge is 0.339 e. The van der Waals surface area contributed by atoms with Gasteiger partial charge in [-0.25, -0.2) is 0 Å². The van der Waals surface area contributed by atoms with Crippen molar-refractivity contribution >= 4 is 16.0 Å². The minimum atomic E-state index is -4.38. The monoisotopic (exact) mass is 416 g/mol. The van der Waals surface area contributed by atoms with Gasteiger partial charge in [-0.3, -0.25) is 9.35 Å². The van der Waals surface area contributed by atoms with Crippen LogP contribution < -0.4 is 10.6 Å². The van der Waals surface area contributed by atoms with Gasteiger partial charge in [0, 0.05) is 6.54 Å². The first kappa shape index (κ1) is 21.9. The molecule has 1 amide bonds. The van der Waals surface area contributed by atoms with Crippen molar-refractivity contribution in [3.05, 3.63) is 59.7 Å². The number of hydrogen-bond acceptors (Lipinski definition) is 4. The maximum absolute atomic E-state index is 12.6. The molecule has 1 atom stereocenters. The van der Waals surface area contributed by atoms with Crippen LogP contribution in [-0.4, -0.2) is 30.8 Å². The molecule has 0 saturated carbocycles. The van der Waals surface area contributed by atoms with Gasteiger partial charge in [0.05, 0.1) is 11.6 Å². The fraction of sp³-hybridized carbons (Fsp3) is 0.278. The van der Waals surface area contributed by atoms with Gasteiger partial charge < -0.3 is 10.6 Å². The molecule has 6 nitrogen and oxygen atoms in total. The SMILES string of the molecule is C[C@H](NCc1ccc(-c2ccc(C(F)(F)F)cc2)cc1)C(=O)NCS(=O)(=O)O. The highest BCUT2D eigenvalue weighted by molar-refractivity contribution is 7.85. The molecule has 0 aliphatic carbocycles. The summed E-state index contributed by atoms with van der Waals surface area (Å²) >= 11 is 0. The first-order valence-electron chi connectivity index (χ1n) is 8.18. The first-order valence-corrected chi connectivity index (χ1v) is 9.79. The molecule has 0 saturated heterocycles. The molecule has 2 aromatic rings. The highest BCUT2D eigenvalue weighted by atomic mass is 32.2. The molecule has 2 aromatic carbocycles. The van der Waals surface area contributed by atoms with Crippen molar-refractivity contribution in [3.63, 3.8) is 0 Å². The van der Waals surface area contributed by atoms with E-state index in [1.807, 2.05) is 0 Å². The lowest BCUT2D eigenvalue weighted by Gasteiger charge is -2.14. The molecule has 0 fully saturated rings. The fourth-order valence-electron chi connectivity index (χ4n) is 2.35. The molecule has 0 aliphatic rings. The van der Waals surface area contributed by atoms with E-state index in [0.717, 1.165) is 23.3 Å². The standard InChI is InChI=1S/C18H19F3N2O4S/c1-12(17(24)23-11-28(25,26)27)22-10-13-2-4-14(5-3-13)15-6-8-16(9-7-15)18(19,20)21/h2-9,12,22H,10-11H2,1H3,(H,23,24)(H,25,26,27)/t12-/m0/s1. The molecular weight excluding hydrogens is 397 g/mol. The van der Waals surface area contributed by atoms with E-state index in [1.165, 1.54) is 19.1 Å². The molecule has 2 rings (SSSR count). The molecule has 0 heterocycles. The third kappa shape index (κ3) is 6.63. The van der Waals surface area contributed by atoms with Crippen LogP contribution in [0.4, 0.5) is 13.2 Å². The Hall–Kier alpha value is -2.43. The highest BCUT2D eigenvalue weighted by Gasteiger charge is 2.29. The second-order valence-electron chi connectivity index (χ2n) is 6.14. The predicted molar refractivity (Wildman–Crippen MR) is 97.7 cm³/mol. The molecule has 152 valence electrons. The van der Waals surface area contributed by atoms with E-state index in [0.29, 0.717) is 12.1 Å². The summed E-state index contributed by atoms with van der Waals surface area (Å²) in [5, 5.41) is 4.99. The van der Waals surface area contributed by atoms with E-state index in [1.54, 1.807) is 24.3 Å². The van der Waals surface area contributed by atoms with Crippen LogP contribution >= 0.6 is 0 Å². The van der Waals surface area contributed by atoms with Crippen molar-refractivity contribution in [2.75, 3.05) is 5.88 Å². The third-order valence-electron chi connectivity index (χ3n) is 3.93. The van der Waals surface area contributed by atoms with Crippen LogP contribution in [0, 0.1) is 0 Å². The second kappa shape index (κ2) is 8.72. The van der Waals surface area contributed by atoms with Crippen molar-refractivity contribution in [2.45, 2.75) is 25.7 Å². The molecule has 10 heteroatoms. The van der Waals surface area contributed by atoms with Gasteiger partial charge in [0.15, 0.2) is 0 Å². The lowest BCUT2D eigenvalue weighted by Crippen LogP contribution is -2.43. The number of carbonyl (C=O) groups excluding carboxylic acids is 1. The Morgan fingerprint density at radius 1 is 1.04 bits per heavy atom. The van der Waals surface area contributed by atoms with Crippen molar-refractivity contribution in [2.24, 2.45) is 0 Å². The molecule has 0 radical (unpaired) electrons. The van der Waals surface area contributed by atoms with E-state index in [2.05, 4.69) is 10.6 Å². The number of nitrogens with one attached hydrogen (secondary N) is 2. The average Bonchev–Trinajstić information content (AvgIpc) is 2.63. The van der Waals surface area contributed by atoms with E-state index in [-0.39, 0.29) is 0 Å². The lowest BCUT2D eigenvalue weighted by atomic mass is 10.0. The van der Waals surface area contributed by atoms with Crippen LogP contribution in [0.2, 0.25) is 0 Å². The molecular formula is C18H19F3N2O4S. The van der Waals surface area contributed by atoms with Crippen LogP contribution in [0.5, 0.6) is 0 Å². The molecule has 0 unspecified atom stereocenters. The van der Waals surface area contributed by atoms with Crippen LogP contribution in [0.3, 0.4) is 0 Å². The summed E-state index contributed by atoms with van der Waals surface area (Å²) in [7, 11) is -4.28. The van der Waals surface area contributed by atoms with E-state index in [4.69, 9.17) is 4.55 Å². The first-order chi connectivity index (χ1) is 13.0. The van der Waals surface area contributed by atoms with Gasteiger partial charge in [-0.2, -0.15) is 21.6 Å². The highest BCUT2D eigenvalue weighted by Crippen LogP contribution is 2.31. The van der Waals surface area contributed by atoms with Gasteiger partial charge in [-0.1, -0.05) is 36.4 Å². The van der Waals surface area contributed by atoms with Gasteiger partial charge in [0.2, 0.25) is 5.91 Å². The van der Waals surface area contributed by atoms with Crippen LogP contribution in [-0.2, 0) is 27.6 Å². The van der Waals surface area contributed by atoms with E-state index >= 15 is 0 Å². The zero-order chi connectivity index (χ0) is 20.9. The molecule has 0 aliphatic heterocycles. The Labute approximate surface area is 160 Å². The van der Waals surface area contributed by atoms with Gasteiger partial charge in [-0.05, 0) is 35.7 Å². The molecule has 28 heavy (non-hydrogen) atoms. The maximum Gasteiger partial charge on any atom is 0.416 e. The zero-order valence-electron chi connectivity index (χ0n) is 14.8. The Balaban J connectivity index is 1.93. The number of carbonyl (C=O) groups is 1. The molecule has 0 aromatic heterocycles. The van der Waals surface area contributed by atoms with Crippen molar-refractivity contribution in [3.8, 4) is 11.1 Å². The number of amides is 1. The van der Waals surface area contributed by atoms with Gasteiger partial charge in [0.25, 0.3) is 10.1 Å². The lowest BCUT2D eigenvalue weighted by molar-refractivity contribution is -0.137. The predicted octanol–water partition coefficient (Wildman–Crippen LogP) is 2.81. The Kier molecular flexibility index (Phi) is 6.81. The summed E-state index contributed by atoms with van der Waals surface area (Å²) < 4.78 is 67.7. The summed E-state index contributed by atoms with van der Waals surface area (Å²) in [6.45, 7) is 1.85. The summed E-state index contributed by atoms with van der Waals surface area (Å²) in [6, 6.07) is 11.2. The summed E-state index contributed by atoms with van der Waals surface area (Å²) in [5.41, 5.74) is 1.50. The van der Waals surface area contributed by atoms with Gasteiger partial charge in [-0.15, -0.1) is 0 Å². The summed E-state index contributed by atoms with van der Waals surface area (Å²) in [6.07, 6.45) is -4.38. The molecule has 0 spiro atoms. The van der Waals surface area contributed by atoms with Crippen LogP contribution in [0.15, 0.2) is 48.5 Å². The Bertz CT molecular complexity index is 911. The Morgan fingerprint density at radius 3 is 2.00 bits per heavy atom. The quantitative estimate of drug-likeness (QED) is 0.604. The van der Waals surface area contributed by atoms with Gasteiger partial charge >= 0.3 is 6.18 Å². The fourth-order valence-corrected chi connectivity index (χ4v) is 2.67. The topological polar surface area (TPSA) is 95.5 Å². The summed E-state index contributed by atoms with van der Waals surface area (Å²) in [5.74, 6) is -1.45. The van der Waals surface area contributed by atoms with Crippen LogP contribution in [0.25, 0.3) is 11.1 Å². The zero-order valence-corrected chi connectivity index (χ0v) is 15.6. The largest absolute Gasteiger partial charge is 0.416 e. The number of halogens is 3. The van der Waals surface area contributed by atoms with Crippen molar-refractivity contribution < 1.29 is 30.9 Å². The van der Waals surface area contributed by atoms with E-state index in [9.17, 15) is 26.4 Å². The average molecular weight is 416 g/mol. The third-order valence-corrected chi connectivity index (χ3v) is 4.44. The van der Waals surface area contributed by atoms with Gasteiger partial charge in [0.1, 0.15) is 5.88 Å². The second-order valence-corrected chi connectivity index (χ2v) is 7.59. The number of hydrogen-bond donors (Lipinski definition) is 3. The number of benzene rings is 2. The summed E-state index contributed by atoms with van der Waals surface area (Å²) in [4.78, 5) is 11.7. The van der Waals surface area contributed by atoms with E-state index < -0.39 is 39.7 Å². The minimum Gasteiger partial charge on any atom is -0.339 e. The number of rotatable bonds is 7. The van der Waals surface area contributed by atoms with Crippen molar-refractivity contribution in [1.82, 2.24) is 10.6 Å². The molecule has 0 bridgehead atoms. The van der Waals surface area contributed by atoms with Crippen molar-refractivity contribution in [1.29, 1.82) is 0 Å². The van der Waals surface area contributed by atoms with Crippen LogP contribution in [0.1, 0.15) is 18.1 Å². The maximum atomic E-state index is 12.6. The Morgan fingerprint density at radius 2 is 1.54 bits per heavy atom. The number of alkyl halides is 3. The minimum absolute atomic E-state index is 0.313.